The zero-order chi connectivity index (χ0) is 15.7. The molecular formula is C14H13F3N2O2. The number of nitrogens with zero attached hydrogens (tertiary/aromatic N) is 1. The fraction of sp³-hybridized carbons (Fsp3) is 0.286. The summed E-state index contributed by atoms with van der Waals surface area (Å²) >= 11 is 0. The lowest BCUT2D eigenvalue weighted by Crippen LogP contribution is -2.16. The Morgan fingerprint density at radius 1 is 1.24 bits per heavy atom. The minimum absolute atomic E-state index is 0.109. The van der Waals surface area contributed by atoms with Crippen LogP contribution >= 0.6 is 0 Å². The summed E-state index contributed by atoms with van der Waals surface area (Å²) in [4.78, 5) is 12.2. The van der Waals surface area contributed by atoms with Crippen molar-refractivity contribution in [2.24, 2.45) is 0 Å². The molecule has 1 aromatic heterocycles. The van der Waals surface area contributed by atoms with Crippen LogP contribution in [0.1, 0.15) is 41.6 Å². The Balaban J connectivity index is 2.35. The van der Waals surface area contributed by atoms with E-state index in [1.54, 1.807) is 20.8 Å². The Bertz CT molecular complexity index is 696. The van der Waals surface area contributed by atoms with Crippen LogP contribution in [0.2, 0.25) is 0 Å². The maximum Gasteiger partial charge on any atom is 0.261 e. The molecule has 0 unspecified atom stereocenters. The number of hydrogen-bond acceptors (Lipinski definition) is 3. The number of carbonyl (C=O) groups excluding carboxylic acids is 1. The number of anilines is 1. The number of nitrogens with one attached hydrogen (secondary N) is 1. The van der Waals surface area contributed by atoms with E-state index in [1.807, 2.05) is 0 Å². The molecule has 1 aromatic carbocycles. The highest BCUT2D eigenvalue weighted by atomic mass is 19.2. The SMILES string of the molecule is Cc1noc(C(C)C)c1C(=O)Nc1ccc(F)c(F)c1F. The van der Waals surface area contributed by atoms with E-state index in [1.165, 1.54) is 0 Å². The highest BCUT2D eigenvalue weighted by Gasteiger charge is 2.24. The lowest BCUT2D eigenvalue weighted by molar-refractivity contribution is 0.102. The predicted molar refractivity (Wildman–Crippen MR) is 69.6 cm³/mol. The third-order valence-electron chi connectivity index (χ3n) is 2.92. The minimum atomic E-state index is -1.64. The summed E-state index contributed by atoms with van der Waals surface area (Å²) in [6.45, 7) is 5.16. The zero-order valence-corrected chi connectivity index (χ0v) is 11.6. The molecule has 0 aliphatic rings. The molecule has 0 bridgehead atoms. The molecular weight excluding hydrogens is 285 g/mol. The average molecular weight is 298 g/mol. The topological polar surface area (TPSA) is 55.1 Å². The Hall–Kier alpha value is -2.31. The molecule has 112 valence electrons. The van der Waals surface area contributed by atoms with E-state index in [4.69, 9.17) is 4.52 Å². The first-order valence-corrected chi connectivity index (χ1v) is 6.24. The van der Waals surface area contributed by atoms with E-state index >= 15 is 0 Å². The maximum atomic E-state index is 13.6. The van der Waals surface area contributed by atoms with Crippen molar-refractivity contribution in [3.8, 4) is 0 Å². The van der Waals surface area contributed by atoms with Gasteiger partial charge in [-0.3, -0.25) is 4.79 Å². The lowest BCUT2D eigenvalue weighted by Gasteiger charge is -2.08. The van der Waals surface area contributed by atoms with Gasteiger partial charge < -0.3 is 9.84 Å². The molecule has 0 radical (unpaired) electrons. The minimum Gasteiger partial charge on any atom is -0.360 e. The van der Waals surface area contributed by atoms with Crippen LogP contribution in [0, 0.1) is 24.4 Å². The van der Waals surface area contributed by atoms with Crippen LogP contribution in [-0.4, -0.2) is 11.1 Å². The van der Waals surface area contributed by atoms with Crippen LogP contribution < -0.4 is 5.32 Å². The van der Waals surface area contributed by atoms with Gasteiger partial charge in [0.2, 0.25) is 0 Å². The predicted octanol–water partition coefficient (Wildman–Crippen LogP) is 3.78. The quantitative estimate of drug-likeness (QED) is 0.877. The van der Waals surface area contributed by atoms with Gasteiger partial charge in [-0.05, 0) is 19.1 Å². The van der Waals surface area contributed by atoms with Crippen LogP contribution in [-0.2, 0) is 0 Å². The summed E-state index contributed by atoms with van der Waals surface area (Å²) in [5.41, 5.74) is 0.0440. The molecule has 1 amide bonds. The largest absolute Gasteiger partial charge is 0.360 e. The highest BCUT2D eigenvalue weighted by molar-refractivity contribution is 6.05. The van der Waals surface area contributed by atoms with Crippen molar-refractivity contribution in [3.63, 3.8) is 0 Å². The summed E-state index contributed by atoms with van der Waals surface area (Å²) in [6.07, 6.45) is 0. The van der Waals surface area contributed by atoms with Gasteiger partial charge in [0.15, 0.2) is 23.2 Å². The summed E-state index contributed by atoms with van der Waals surface area (Å²) < 4.78 is 44.6. The van der Waals surface area contributed by atoms with Gasteiger partial charge in [0.25, 0.3) is 5.91 Å². The molecule has 0 spiro atoms. The standard InChI is InChI=1S/C14H13F3N2O2/c1-6(2)13-10(7(3)19-21-13)14(20)18-9-5-4-8(15)11(16)12(9)17/h4-6H,1-3H3,(H,18,20). The van der Waals surface area contributed by atoms with Gasteiger partial charge in [-0.2, -0.15) is 0 Å². The molecule has 1 N–H and O–H groups in total. The fourth-order valence-corrected chi connectivity index (χ4v) is 1.86. The lowest BCUT2D eigenvalue weighted by atomic mass is 10.0. The molecule has 2 rings (SSSR count). The fourth-order valence-electron chi connectivity index (χ4n) is 1.86. The highest BCUT2D eigenvalue weighted by Crippen LogP contribution is 2.25. The van der Waals surface area contributed by atoms with E-state index < -0.39 is 29.0 Å². The van der Waals surface area contributed by atoms with Crippen LogP contribution in [0.4, 0.5) is 18.9 Å². The maximum absolute atomic E-state index is 13.6. The zero-order valence-electron chi connectivity index (χ0n) is 11.6. The average Bonchev–Trinajstić information content (AvgIpc) is 2.81. The second kappa shape index (κ2) is 5.59. The smallest absolute Gasteiger partial charge is 0.261 e. The van der Waals surface area contributed by atoms with Crippen LogP contribution in [0.5, 0.6) is 0 Å². The molecule has 0 aliphatic carbocycles. The molecule has 0 saturated carbocycles. The van der Waals surface area contributed by atoms with Gasteiger partial charge in [0, 0.05) is 5.92 Å². The van der Waals surface area contributed by atoms with E-state index in [2.05, 4.69) is 10.5 Å². The van der Waals surface area contributed by atoms with Crippen LogP contribution in [0.25, 0.3) is 0 Å². The molecule has 2 aromatic rings. The number of carbonyl (C=O) groups is 1. The molecule has 0 saturated heterocycles. The van der Waals surface area contributed by atoms with Gasteiger partial charge in [0.1, 0.15) is 5.56 Å². The first-order valence-electron chi connectivity index (χ1n) is 6.24. The van der Waals surface area contributed by atoms with Crippen LogP contribution in [0.15, 0.2) is 16.7 Å². The van der Waals surface area contributed by atoms with Crippen molar-refractivity contribution >= 4 is 11.6 Å². The van der Waals surface area contributed by atoms with Crippen molar-refractivity contribution in [1.29, 1.82) is 0 Å². The Morgan fingerprint density at radius 2 is 1.90 bits per heavy atom. The van der Waals surface area contributed by atoms with Gasteiger partial charge >= 0.3 is 0 Å². The molecule has 21 heavy (non-hydrogen) atoms. The van der Waals surface area contributed by atoms with E-state index in [0.717, 1.165) is 12.1 Å². The van der Waals surface area contributed by atoms with Gasteiger partial charge in [0.05, 0.1) is 11.4 Å². The first kappa shape index (κ1) is 15.1. The van der Waals surface area contributed by atoms with Crippen molar-refractivity contribution < 1.29 is 22.5 Å². The summed E-state index contributed by atoms with van der Waals surface area (Å²) in [6, 6.07) is 1.68. The molecule has 4 nitrogen and oxygen atoms in total. The summed E-state index contributed by atoms with van der Waals surface area (Å²) in [5.74, 6) is -4.88. The second-order valence-corrected chi connectivity index (χ2v) is 4.84. The van der Waals surface area contributed by atoms with E-state index in [0.29, 0.717) is 11.5 Å². The van der Waals surface area contributed by atoms with Gasteiger partial charge in [-0.25, -0.2) is 13.2 Å². The number of halogens is 3. The molecule has 0 aliphatic heterocycles. The normalized spacial score (nSPS) is 11.0. The number of amides is 1. The van der Waals surface area contributed by atoms with Crippen LogP contribution in [0.3, 0.4) is 0 Å². The second-order valence-electron chi connectivity index (χ2n) is 4.84. The number of rotatable bonds is 3. The number of aryl methyl sites for hydroxylation is 1. The number of aromatic nitrogens is 1. The van der Waals surface area contributed by atoms with E-state index in [9.17, 15) is 18.0 Å². The summed E-state index contributed by atoms with van der Waals surface area (Å²) in [7, 11) is 0. The third kappa shape index (κ3) is 2.76. The Kier molecular flexibility index (Phi) is 4.02. The summed E-state index contributed by atoms with van der Waals surface area (Å²) in [5, 5.41) is 5.89. The molecule has 0 fully saturated rings. The molecule has 0 atom stereocenters. The first-order chi connectivity index (χ1) is 9.82. The monoisotopic (exact) mass is 298 g/mol. The van der Waals surface area contributed by atoms with Crippen molar-refractivity contribution in [2.45, 2.75) is 26.7 Å². The van der Waals surface area contributed by atoms with Crippen molar-refractivity contribution in [2.75, 3.05) is 5.32 Å². The Morgan fingerprint density at radius 3 is 2.52 bits per heavy atom. The Labute approximate surface area is 118 Å². The van der Waals surface area contributed by atoms with Crippen molar-refractivity contribution in [3.05, 3.63) is 46.6 Å². The molecule has 1 heterocycles. The molecule has 7 heteroatoms. The number of hydrogen-bond donors (Lipinski definition) is 1. The van der Waals surface area contributed by atoms with Gasteiger partial charge in [-0.15, -0.1) is 0 Å². The van der Waals surface area contributed by atoms with Crippen molar-refractivity contribution in [1.82, 2.24) is 5.16 Å². The van der Waals surface area contributed by atoms with E-state index in [-0.39, 0.29) is 11.5 Å². The third-order valence-corrected chi connectivity index (χ3v) is 2.92. The van der Waals surface area contributed by atoms with Gasteiger partial charge in [-0.1, -0.05) is 19.0 Å². The number of benzene rings is 1.